The third-order valence-corrected chi connectivity index (χ3v) is 5.08. The lowest BCUT2D eigenvalue weighted by Crippen LogP contribution is -2.44. The summed E-state index contributed by atoms with van der Waals surface area (Å²) in [6.45, 7) is 2.07. The van der Waals surface area contributed by atoms with Crippen molar-refractivity contribution in [1.29, 1.82) is 0 Å². The van der Waals surface area contributed by atoms with Crippen LogP contribution in [0.15, 0.2) is 18.2 Å². The molecule has 2 rings (SSSR count). The number of nitro groups is 1. The maximum Gasteiger partial charge on any atom is 0.293 e. The Morgan fingerprint density at radius 2 is 2.13 bits per heavy atom. The van der Waals surface area contributed by atoms with Gasteiger partial charge in [-0.05, 0) is 31.9 Å². The van der Waals surface area contributed by atoms with E-state index in [9.17, 15) is 23.3 Å². The van der Waals surface area contributed by atoms with Crippen molar-refractivity contribution < 1.29 is 18.1 Å². The molecule has 1 N–H and O–H groups in total. The molecule has 1 atom stereocenters. The smallest absolute Gasteiger partial charge is 0.293 e. The number of nitrogens with one attached hydrogen (secondary N) is 1. The van der Waals surface area contributed by atoms with Crippen LogP contribution in [0.5, 0.6) is 0 Å². The summed E-state index contributed by atoms with van der Waals surface area (Å²) in [6.07, 6.45) is 2.56. The summed E-state index contributed by atoms with van der Waals surface area (Å²) in [4.78, 5) is 22.0. The molecule has 0 amide bonds. The number of piperidine rings is 1. The van der Waals surface area contributed by atoms with Crippen LogP contribution in [0.2, 0.25) is 0 Å². The number of hydrogen-bond donors (Lipinski definition) is 1. The second-order valence-corrected chi connectivity index (χ2v) is 7.63. The van der Waals surface area contributed by atoms with Gasteiger partial charge in [-0.2, -0.15) is 0 Å². The maximum atomic E-state index is 11.6. The first-order chi connectivity index (χ1) is 10.7. The molecule has 0 aromatic heterocycles. The zero-order valence-corrected chi connectivity index (χ0v) is 13.8. The van der Waals surface area contributed by atoms with Crippen LogP contribution in [-0.2, 0) is 10.0 Å². The number of carbonyl (C=O) groups is 1. The summed E-state index contributed by atoms with van der Waals surface area (Å²) < 4.78 is 24.6. The minimum Gasteiger partial charge on any atom is -0.375 e. The summed E-state index contributed by atoms with van der Waals surface area (Å²) in [5, 5.41) is 14.2. The predicted octanol–water partition coefficient (Wildman–Crippen LogP) is 1.63. The van der Waals surface area contributed by atoms with Crippen molar-refractivity contribution in [2.24, 2.45) is 0 Å². The summed E-state index contributed by atoms with van der Waals surface area (Å²) >= 11 is 0. The Morgan fingerprint density at radius 3 is 2.70 bits per heavy atom. The fourth-order valence-electron chi connectivity index (χ4n) is 2.61. The SMILES string of the molecule is CC(=O)c1ccc(NC2CCCN(S(C)(=O)=O)C2)c([N+](=O)[O-])c1. The molecule has 0 aliphatic carbocycles. The highest BCUT2D eigenvalue weighted by atomic mass is 32.2. The lowest BCUT2D eigenvalue weighted by atomic mass is 10.1. The molecule has 1 saturated heterocycles. The first-order valence-corrected chi connectivity index (χ1v) is 9.04. The van der Waals surface area contributed by atoms with Crippen LogP contribution in [-0.4, -0.2) is 48.8 Å². The number of ketones is 1. The lowest BCUT2D eigenvalue weighted by molar-refractivity contribution is -0.384. The summed E-state index contributed by atoms with van der Waals surface area (Å²) in [5.41, 5.74) is 0.373. The first-order valence-electron chi connectivity index (χ1n) is 7.19. The highest BCUT2D eigenvalue weighted by molar-refractivity contribution is 7.88. The van der Waals surface area contributed by atoms with Crippen molar-refractivity contribution in [2.45, 2.75) is 25.8 Å². The molecule has 1 fully saturated rings. The van der Waals surface area contributed by atoms with Gasteiger partial charge in [0.25, 0.3) is 5.69 Å². The van der Waals surface area contributed by atoms with Gasteiger partial charge in [0.05, 0.1) is 11.2 Å². The zero-order valence-electron chi connectivity index (χ0n) is 13.0. The number of sulfonamides is 1. The van der Waals surface area contributed by atoms with Gasteiger partial charge in [-0.25, -0.2) is 12.7 Å². The summed E-state index contributed by atoms with van der Waals surface area (Å²) in [6, 6.07) is 4.05. The molecule has 1 unspecified atom stereocenters. The van der Waals surface area contributed by atoms with E-state index in [-0.39, 0.29) is 29.6 Å². The van der Waals surface area contributed by atoms with Gasteiger partial charge in [0, 0.05) is 30.8 Å². The Labute approximate surface area is 134 Å². The van der Waals surface area contributed by atoms with E-state index in [2.05, 4.69) is 5.32 Å². The minimum absolute atomic E-state index is 0.186. The molecule has 9 heteroatoms. The Morgan fingerprint density at radius 1 is 1.43 bits per heavy atom. The largest absolute Gasteiger partial charge is 0.375 e. The van der Waals surface area contributed by atoms with Crippen LogP contribution in [0.25, 0.3) is 0 Å². The number of carbonyl (C=O) groups excluding carboxylic acids is 1. The van der Waals surface area contributed by atoms with Crippen molar-refractivity contribution in [3.63, 3.8) is 0 Å². The monoisotopic (exact) mass is 341 g/mol. The molecule has 23 heavy (non-hydrogen) atoms. The van der Waals surface area contributed by atoms with Gasteiger partial charge in [-0.1, -0.05) is 0 Å². The van der Waals surface area contributed by atoms with Gasteiger partial charge in [-0.15, -0.1) is 0 Å². The van der Waals surface area contributed by atoms with Crippen molar-refractivity contribution in [1.82, 2.24) is 4.31 Å². The van der Waals surface area contributed by atoms with Gasteiger partial charge >= 0.3 is 0 Å². The number of nitrogens with zero attached hydrogens (tertiary/aromatic N) is 2. The van der Waals surface area contributed by atoms with Crippen LogP contribution in [0.3, 0.4) is 0 Å². The fourth-order valence-corrected chi connectivity index (χ4v) is 3.52. The number of rotatable bonds is 5. The molecule has 1 heterocycles. The van der Waals surface area contributed by atoms with E-state index in [4.69, 9.17) is 0 Å². The summed E-state index contributed by atoms with van der Waals surface area (Å²) in [5.74, 6) is -0.249. The molecule has 1 aromatic carbocycles. The average molecular weight is 341 g/mol. The van der Waals surface area contributed by atoms with Crippen LogP contribution < -0.4 is 5.32 Å². The molecule has 8 nitrogen and oxygen atoms in total. The number of nitro benzene ring substituents is 1. The molecule has 0 spiro atoms. The van der Waals surface area contributed by atoms with E-state index < -0.39 is 14.9 Å². The average Bonchev–Trinajstić information content (AvgIpc) is 2.46. The van der Waals surface area contributed by atoms with Gasteiger partial charge < -0.3 is 5.32 Å². The van der Waals surface area contributed by atoms with Gasteiger partial charge in [0.2, 0.25) is 10.0 Å². The van der Waals surface area contributed by atoms with Crippen LogP contribution >= 0.6 is 0 Å². The third-order valence-electron chi connectivity index (χ3n) is 3.81. The Hall–Kier alpha value is -2.00. The van der Waals surface area contributed by atoms with E-state index in [1.165, 1.54) is 29.4 Å². The highest BCUT2D eigenvalue weighted by Crippen LogP contribution is 2.28. The fraction of sp³-hybridized carbons (Fsp3) is 0.500. The van der Waals surface area contributed by atoms with Gasteiger partial charge in [0.15, 0.2) is 5.78 Å². The molecule has 1 aliphatic rings. The number of benzene rings is 1. The van der Waals surface area contributed by atoms with E-state index in [1.807, 2.05) is 0 Å². The molecule has 126 valence electrons. The minimum atomic E-state index is -3.28. The second-order valence-electron chi connectivity index (χ2n) is 5.65. The topological polar surface area (TPSA) is 110 Å². The predicted molar refractivity (Wildman–Crippen MR) is 86.2 cm³/mol. The van der Waals surface area contributed by atoms with Crippen molar-refractivity contribution in [3.05, 3.63) is 33.9 Å². The number of hydrogen-bond acceptors (Lipinski definition) is 6. The normalized spacial score (nSPS) is 19.3. The number of anilines is 1. The zero-order chi connectivity index (χ0) is 17.2. The van der Waals surface area contributed by atoms with E-state index in [0.29, 0.717) is 18.7 Å². The summed E-state index contributed by atoms with van der Waals surface area (Å²) in [7, 11) is -3.28. The highest BCUT2D eigenvalue weighted by Gasteiger charge is 2.27. The van der Waals surface area contributed by atoms with Crippen LogP contribution in [0.1, 0.15) is 30.1 Å². The van der Waals surface area contributed by atoms with E-state index in [1.54, 1.807) is 0 Å². The van der Waals surface area contributed by atoms with Crippen LogP contribution in [0.4, 0.5) is 11.4 Å². The quantitative estimate of drug-likeness (QED) is 0.495. The second kappa shape index (κ2) is 6.63. The maximum absolute atomic E-state index is 11.6. The van der Waals surface area contributed by atoms with E-state index in [0.717, 1.165) is 12.7 Å². The van der Waals surface area contributed by atoms with Crippen molar-refractivity contribution in [2.75, 3.05) is 24.7 Å². The van der Waals surface area contributed by atoms with Crippen molar-refractivity contribution >= 4 is 27.2 Å². The Bertz CT molecular complexity index is 732. The first kappa shape index (κ1) is 17.4. The van der Waals surface area contributed by atoms with Gasteiger partial charge in [0.1, 0.15) is 5.69 Å². The third kappa shape index (κ3) is 4.26. The lowest BCUT2D eigenvalue weighted by Gasteiger charge is -2.31. The standard InChI is InChI=1S/C14H19N3O5S/c1-10(18)11-5-6-13(14(8-11)17(19)20)15-12-4-3-7-16(9-12)23(2,21)22/h5-6,8,12,15H,3-4,7,9H2,1-2H3. The molecule has 1 aromatic rings. The van der Waals surface area contributed by atoms with Crippen molar-refractivity contribution in [3.8, 4) is 0 Å². The molecule has 0 bridgehead atoms. The number of Topliss-reactive ketones (excluding diaryl/α,β-unsaturated/α-hetero) is 1. The molecule has 0 saturated carbocycles. The molecular weight excluding hydrogens is 322 g/mol. The van der Waals surface area contributed by atoms with Crippen LogP contribution in [0, 0.1) is 10.1 Å². The molecule has 1 aliphatic heterocycles. The van der Waals surface area contributed by atoms with E-state index >= 15 is 0 Å². The molecular formula is C14H19N3O5S. The Kier molecular flexibility index (Phi) is 5.00. The molecule has 0 radical (unpaired) electrons. The Balaban J connectivity index is 2.22. The van der Waals surface area contributed by atoms with Gasteiger partial charge in [-0.3, -0.25) is 14.9 Å².